The zero-order valence-corrected chi connectivity index (χ0v) is 10.0. The van der Waals surface area contributed by atoms with Crippen molar-refractivity contribution >= 4 is 18.0 Å². The Balaban J connectivity index is 3.03. The summed E-state index contributed by atoms with van der Waals surface area (Å²) in [5, 5.41) is 0. The molecule has 0 bridgehead atoms. The maximum atomic E-state index is 11.7. The Morgan fingerprint density at radius 3 is 2.29 bits per heavy atom. The number of hydrogen-bond donors (Lipinski definition) is 0. The lowest BCUT2D eigenvalue weighted by Gasteiger charge is -2.17. The molecule has 0 saturated carbocycles. The van der Waals surface area contributed by atoms with E-state index in [-0.39, 0.29) is 17.6 Å². The van der Waals surface area contributed by atoms with Crippen LogP contribution in [0.15, 0.2) is 24.3 Å². The topological polar surface area (TPSA) is 60.4 Å². The van der Waals surface area contributed by atoms with Crippen LogP contribution in [-0.4, -0.2) is 18.0 Å². The molecule has 17 heavy (non-hydrogen) atoms. The predicted octanol–water partition coefficient (Wildman–Crippen LogP) is 2.02. The van der Waals surface area contributed by atoms with Crippen molar-refractivity contribution in [1.29, 1.82) is 0 Å². The summed E-state index contributed by atoms with van der Waals surface area (Å²) in [6.07, 6.45) is 0.198. The van der Waals surface area contributed by atoms with Gasteiger partial charge in [0.25, 0.3) is 0 Å². The van der Waals surface area contributed by atoms with Crippen molar-refractivity contribution in [1.82, 2.24) is 0 Å². The van der Waals surface area contributed by atoms with Crippen molar-refractivity contribution in [3.8, 4) is 5.75 Å². The van der Waals surface area contributed by atoms with Gasteiger partial charge >= 0.3 is 5.97 Å². The van der Waals surface area contributed by atoms with Crippen molar-refractivity contribution in [2.24, 2.45) is 5.41 Å². The second-order valence-corrected chi connectivity index (χ2v) is 4.62. The molecule has 1 aromatic rings. The van der Waals surface area contributed by atoms with Gasteiger partial charge in [-0.1, -0.05) is 12.1 Å². The predicted molar refractivity (Wildman–Crippen MR) is 61.9 cm³/mol. The summed E-state index contributed by atoms with van der Waals surface area (Å²) in [5.41, 5.74) is -0.572. The van der Waals surface area contributed by atoms with Gasteiger partial charge in [0.15, 0.2) is 6.29 Å². The Morgan fingerprint density at radius 1 is 1.18 bits per heavy atom. The van der Waals surface area contributed by atoms with E-state index < -0.39 is 17.2 Å². The largest absolute Gasteiger partial charge is 0.425 e. The van der Waals surface area contributed by atoms with E-state index >= 15 is 0 Å². The van der Waals surface area contributed by atoms with Crippen LogP contribution in [0.25, 0.3) is 0 Å². The van der Waals surface area contributed by atoms with Gasteiger partial charge in [-0.2, -0.15) is 0 Å². The van der Waals surface area contributed by atoms with Crippen LogP contribution in [0.4, 0.5) is 0 Å². The first-order valence-corrected chi connectivity index (χ1v) is 5.17. The third-order valence-corrected chi connectivity index (χ3v) is 2.07. The normalized spacial score (nSPS) is 10.8. The van der Waals surface area contributed by atoms with Crippen LogP contribution in [0, 0.1) is 5.41 Å². The minimum Gasteiger partial charge on any atom is -0.425 e. The smallest absolute Gasteiger partial charge is 0.316 e. The Bertz CT molecular complexity index is 455. The van der Waals surface area contributed by atoms with E-state index in [1.165, 1.54) is 12.1 Å². The summed E-state index contributed by atoms with van der Waals surface area (Å²) >= 11 is 0. The first kappa shape index (κ1) is 13.1. The van der Waals surface area contributed by atoms with Gasteiger partial charge in [-0.3, -0.25) is 14.4 Å². The second-order valence-electron chi connectivity index (χ2n) is 4.62. The molecule has 0 unspecified atom stereocenters. The van der Waals surface area contributed by atoms with E-state index in [0.29, 0.717) is 0 Å². The highest BCUT2D eigenvalue weighted by Gasteiger charge is 2.25. The molecule has 0 aromatic heterocycles. The molecule has 0 spiro atoms. The van der Waals surface area contributed by atoms with Crippen LogP contribution in [0.2, 0.25) is 0 Å². The van der Waals surface area contributed by atoms with Gasteiger partial charge in [-0.25, -0.2) is 0 Å². The minimum atomic E-state index is -0.706. The Kier molecular flexibility index (Phi) is 3.78. The molecule has 0 saturated heterocycles. The van der Waals surface area contributed by atoms with Gasteiger partial charge in [-0.05, 0) is 32.9 Å². The van der Waals surface area contributed by atoms with Crippen LogP contribution in [0.1, 0.15) is 31.1 Å². The van der Waals surface area contributed by atoms with Crippen molar-refractivity contribution in [2.75, 3.05) is 0 Å². The number of rotatable bonds is 3. The number of esters is 1. The Morgan fingerprint density at radius 2 is 1.76 bits per heavy atom. The number of para-hydroxylation sites is 1. The highest BCUT2D eigenvalue weighted by molar-refractivity contribution is 6.34. The van der Waals surface area contributed by atoms with Gasteiger partial charge in [-0.15, -0.1) is 0 Å². The molecule has 0 aliphatic rings. The van der Waals surface area contributed by atoms with Crippen LogP contribution in [0.5, 0.6) is 5.75 Å². The molecule has 0 N–H and O–H groups in total. The molecule has 0 radical (unpaired) electrons. The lowest BCUT2D eigenvalue weighted by molar-refractivity contribution is -0.143. The summed E-state index contributed by atoms with van der Waals surface area (Å²) in [7, 11) is 0. The monoisotopic (exact) mass is 234 g/mol. The molecule has 4 heteroatoms. The molecule has 0 fully saturated rings. The van der Waals surface area contributed by atoms with Gasteiger partial charge in [0, 0.05) is 0 Å². The zero-order chi connectivity index (χ0) is 13.1. The van der Waals surface area contributed by atoms with Crippen LogP contribution < -0.4 is 4.74 Å². The maximum absolute atomic E-state index is 11.7. The zero-order valence-electron chi connectivity index (χ0n) is 10.0. The first-order valence-electron chi connectivity index (χ1n) is 5.17. The summed E-state index contributed by atoms with van der Waals surface area (Å²) in [5.74, 6) is -1.05. The fraction of sp³-hybridized carbons (Fsp3) is 0.308. The van der Waals surface area contributed by atoms with E-state index in [1.54, 1.807) is 32.9 Å². The van der Waals surface area contributed by atoms with Gasteiger partial charge < -0.3 is 4.74 Å². The van der Waals surface area contributed by atoms with E-state index in [4.69, 9.17) is 4.74 Å². The quantitative estimate of drug-likeness (QED) is 0.264. The summed E-state index contributed by atoms with van der Waals surface area (Å²) in [6, 6.07) is 6.17. The number of carbonyl (C=O) groups is 3. The lowest BCUT2D eigenvalue weighted by atomic mass is 9.97. The van der Waals surface area contributed by atoms with Gasteiger partial charge in [0.05, 0.1) is 11.0 Å². The molecule has 0 atom stereocenters. The fourth-order valence-electron chi connectivity index (χ4n) is 1.08. The average molecular weight is 234 g/mol. The number of aldehydes is 1. The molecule has 1 rings (SSSR count). The van der Waals surface area contributed by atoms with E-state index in [1.807, 2.05) is 0 Å². The van der Waals surface area contributed by atoms with E-state index in [2.05, 4.69) is 0 Å². The van der Waals surface area contributed by atoms with E-state index in [9.17, 15) is 14.4 Å². The van der Waals surface area contributed by atoms with E-state index in [0.717, 1.165) is 0 Å². The molecule has 0 aliphatic heterocycles. The lowest BCUT2D eigenvalue weighted by Crippen LogP contribution is -2.26. The SMILES string of the molecule is CC(C)(C)C(=O)Oc1ccccc1C(=O)C=O. The van der Waals surface area contributed by atoms with Crippen molar-refractivity contribution in [3.05, 3.63) is 29.8 Å². The first-order chi connectivity index (χ1) is 7.86. The third kappa shape index (κ3) is 3.24. The number of hydrogen-bond acceptors (Lipinski definition) is 4. The number of Topliss-reactive ketones (excluding diaryl/α,β-unsaturated/α-hetero) is 1. The number of ether oxygens (including phenoxy) is 1. The van der Waals surface area contributed by atoms with Gasteiger partial charge in [0.1, 0.15) is 5.75 Å². The molecular weight excluding hydrogens is 220 g/mol. The fourth-order valence-corrected chi connectivity index (χ4v) is 1.08. The second kappa shape index (κ2) is 4.91. The summed E-state index contributed by atoms with van der Waals surface area (Å²) in [6.45, 7) is 5.12. The van der Waals surface area contributed by atoms with Crippen LogP contribution in [-0.2, 0) is 9.59 Å². The maximum Gasteiger partial charge on any atom is 0.316 e. The highest BCUT2D eigenvalue weighted by atomic mass is 16.5. The van der Waals surface area contributed by atoms with Gasteiger partial charge in [0.2, 0.25) is 5.78 Å². The molecule has 90 valence electrons. The average Bonchev–Trinajstić information content (AvgIpc) is 2.27. The summed E-state index contributed by atoms with van der Waals surface area (Å²) in [4.78, 5) is 33.4. The number of benzene rings is 1. The van der Waals surface area contributed by atoms with Crippen LogP contribution in [0.3, 0.4) is 0 Å². The standard InChI is InChI=1S/C13H14O4/c1-13(2,3)12(16)17-11-7-5-4-6-9(11)10(15)8-14/h4-8H,1-3H3. The molecular formula is C13H14O4. The van der Waals surface area contributed by atoms with Crippen molar-refractivity contribution in [2.45, 2.75) is 20.8 Å². The molecule has 0 amide bonds. The third-order valence-electron chi connectivity index (χ3n) is 2.07. The molecule has 1 aromatic carbocycles. The number of ketones is 1. The van der Waals surface area contributed by atoms with Crippen molar-refractivity contribution < 1.29 is 19.1 Å². The molecule has 0 aliphatic carbocycles. The number of carbonyl (C=O) groups excluding carboxylic acids is 3. The molecule has 4 nitrogen and oxygen atoms in total. The van der Waals surface area contributed by atoms with Crippen LogP contribution >= 0.6 is 0 Å². The molecule has 0 heterocycles. The van der Waals surface area contributed by atoms with Crippen molar-refractivity contribution in [3.63, 3.8) is 0 Å². The minimum absolute atomic E-state index is 0.0973. The Labute approximate surface area is 99.6 Å². The Hall–Kier alpha value is -1.97. The highest BCUT2D eigenvalue weighted by Crippen LogP contribution is 2.22. The summed E-state index contributed by atoms with van der Waals surface area (Å²) < 4.78 is 5.11.